The molecule has 96 valence electrons. The van der Waals surface area contributed by atoms with Crippen LogP contribution < -0.4 is 16.4 Å². The highest BCUT2D eigenvalue weighted by atomic mass is 16.2. The van der Waals surface area contributed by atoms with E-state index < -0.39 is 6.03 Å². The second kappa shape index (κ2) is 5.35. The third-order valence-electron chi connectivity index (χ3n) is 3.61. The van der Waals surface area contributed by atoms with Crippen LogP contribution in [0.15, 0.2) is 0 Å². The van der Waals surface area contributed by atoms with Crippen molar-refractivity contribution in [2.75, 3.05) is 26.2 Å². The molecule has 17 heavy (non-hydrogen) atoms. The van der Waals surface area contributed by atoms with E-state index >= 15 is 0 Å². The average molecular weight is 240 g/mol. The monoisotopic (exact) mass is 240 g/mol. The normalized spacial score (nSPS) is 30.6. The third kappa shape index (κ3) is 2.69. The first-order valence-corrected chi connectivity index (χ1v) is 6.24. The number of hydrogen-bond donors (Lipinski definition) is 3. The number of nitrogens with two attached hydrogens (primary N) is 1. The van der Waals surface area contributed by atoms with E-state index in [1.54, 1.807) is 4.90 Å². The fourth-order valence-corrected chi connectivity index (χ4v) is 2.69. The molecule has 2 heterocycles. The maximum atomic E-state index is 12.0. The Labute approximate surface area is 101 Å². The molecule has 3 amide bonds. The van der Waals surface area contributed by atoms with Gasteiger partial charge in [-0.2, -0.15) is 0 Å². The lowest BCUT2D eigenvalue weighted by atomic mass is 9.91. The van der Waals surface area contributed by atoms with Gasteiger partial charge in [-0.1, -0.05) is 6.42 Å². The van der Waals surface area contributed by atoms with E-state index in [1.807, 2.05) is 0 Å². The minimum atomic E-state index is -0.423. The Morgan fingerprint density at radius 3 is 2.94 bits per heavy atom. The molecule has 2 rings (SSSR count). The number of carbonyl (C=O) groups is 2. The molecule has 6 nitrogen and oxygen atoms in total. The summed E-state index contributed by atoms with van der Waals surface area (Å²) in [5, 5.41) is 6.13. The predicted octanol–water partition coefficient (Wildman–Crippen LogP) is -0.745. The Hall–Kier alpha value is -1.30. The molecule has 2 fully saturated rings. The topological polar surface area (TPSA) is 87.5 Å². The molecule has 1 unspecified atom stereocenters. The first-order chi connectivity index (χ1) is 8.20. The molecule has 0 bridgehead atoms. The summed E-state index contributed by atoms with van der Waals surface area (Å²) in [4.78, 5) is 25.0. The molecule has 4 N–H and O–H groups in total. The van der Waals surface area contributed by atoms with E-state index in [-0.39, 0.29) is 17.9 Å². The first kappa shape index (κ1) is 12.2. The molecule has 2 aliphatic heterocycles. The maximum absolute atomic E-state index is 12.0. The van der Waals surface area contributed by atoms with Gasteiger partial charge in [0.1, 0.15) is 0 Å². The van der Waals surface area contributed by atoms with Crippen LogP contribution in [0.4, 0.5) is 4.79 Å². The predicted molar refractivity (Wildman–Crippen MR) is 63.3 cm³/mol. The molecule has 0 radical (unpaired) electrons. The van der Waals surface area contributed by atoms with Crippen molar-refractivity contribution in [3.8, 4) is 0 Å². The lowest BCUT2D eigenvalue weighted by molar-refractivity contribution is -0.126. The molecule has 2 aliphatic rings. The molecule has 0 spiro atoms. The molecule has 0 aromatic rings. The molecule has 0 aliphatic carbocycles. The SMILES string of the molecule is NC(=O)N1CCNCC1[C@@H]1CCCCNC1=O. The standard InChI is InChI=1S/C11H20N4O2/c12-11(17)15-6-5-13-7-9(15)8-3-1-2-4-14-10(8)16/h8-9,13H,1-7H2,(H2,12,17)(H,14,16)/t8-,9?/m0/s1. The van der Waals surface area contributed by atoms with Gasteiger partial charge >= 0.3 is 6.03 Å². The van der Waals surface area contributed by atoms with Gasteiger partial charge < -0.3 is 21.3 Å². The number of nitrogens with zero attached hydrogens (tertiary/aromatic N) is 1. The molecule has 2 saturated heterocycles. The van der Waals surface area contributed by atoms with Crippen molar-refractivity contribution in [2.45, 2.75) is 25.3 Å². The Morgan fingerprint density at radius 1 is 1.35 bits per heavy atom. The summed E-state index contributed by atoms with van der Waals surface area (Å²) >= 11 is 0. The van der Waals surface area contributed by atoms with Crippen molar-refractivity contribution in [3.05, 3.63) is 0 Å². The third-order valence-corrected chi connectivity index (χ3v) is 3.61. The number of rotatable bonds is 1. The van der Waals surface area contributed by atoms with E-state index in [9.17, 15) is 9.59 Å². The molecule has 2 atom stereocenters. The van der Waals surface area contributed by atoms with Crippen LogP contribution in [0.1, 0.15) is 19.3 Å². The van der Waals surface area contributed by atoms with Gasteiger partial charge in [0, 0.05) is 26.2 Å². The van der Waals surface area contributed by atoms with Crippen LogP contribution in [0.2, 0.25) is 0 Å². The van der Waals surface area contributed by atoms with E-state index in [4.69, 9.17) is 5.73 Å². The van der Waals surface area contributed by atoms with Crippen LogP contribution in [0, 0.1) is 5.92 Å². The molecular formula is C11H20N4O2. The Balaban J connectivity index is 2.11. The van der Waals surface area contributed by atoms with E-state index in [2.05, 4.69) is 10.6 Å². The highest BCUT2D eigenvalue weighted by Crippen LogP contribution is 2.21. The molecular weight excluding hydrogens is 220 g/mol. The van der Waals surface area contributed by atoms with Crippen molar-refractivity contribution in [2.24, 2.45) is 11.7 Å². The number of urea groups is 1. The fourth-order valence-electron chi connectivity index (χ4n) is 2.69. The number of piperazine rings is 1. The number of carbonyl (C=O) groups excluding carboxylic acids is 2. The zero-order chi connectivity index (χ0) is 12.3. The summed E-state index contributed by atoms with van der Waals surface area (Å²) in [6.45, 7) is 2.73. The zero-order valence-electron chi connectivity index (χ0n) is 9.95. The second-order valence-corrected chi connectivity index (χ2v) is 4.70. The van der Waals surface area contributed by atoms with Crippen molar-refractivity contribution >= 4 is 11.9 Å². The van der Waals surface area contributed by atoms with Gasteiger partial charge in [-0.15, -0.1) is 0 Å². The number of nitrogens with one attached hydrogen (secondary N) is 2. The van der Waals surface area contributed by atoms with Gasteiger partial charge in [-0.25, -0.2) is 4.79 Å². The van der Waals surface area contributed by atoms with Gasteiger partial charge in [0.15, 0.2) is 0 Å². The summed E-state index contributed by atoms with van der Waals surface area (Å²) in [5.74, 6) is -0.0692. The fraction of sp³-hybridized carbons (Fsp3) is 0.818. The van der Waals surface area contributed by atoms with Gasteiger partial charge in [0.05, 0.1) is 12.0 Å². The minimum absolute atomic E-state index is 0.0578. The van der Waals surface area contributed by atoms with Gasteiger partial charge in [0.2, 0.25) is 5.91 Å². The molecule has 6 heteroatoms. The number of hydrogen-bond acceptors (Lipinski definition) is 3. The van der Waals surface area contributed by atoms with E-state index in [1.165, 1.54) is 0 Å². The second-order valence-electron chi connectivity index (χ2n) is 4.70. The Kier molecular flexibility index (Phi) is 3.83. The Morgan fingerprint density at radius 2 is 2.18 bits per heavy atom. The summed E-state index contributed by atoms with van der Waals surface area (Å²) in [7, 11) is 0. The van der Waals surface area contributed by atoms with Gasteiger partial charge in [-0.05, 0) is 12.8 Å². The lowest BCUT2D eigenvalue weighted by Gasteiger charge is -2.38. The van der Waals surface area contributed by atoms with Crippen LogP contribution >= 0.6 is 0 Å². The largest absolute Gasteiger partial charge is 0.356 e. The van der Waals surface area contributed by atoms with Crippen molar-refractivity contribution < 1.29 is 9.59 Å². The van der Waals surface area contributed by atoms with Gasteiger partial charge in [0.25, 0.3) is 0 Å². The van der Waals surface area contributed by atoms with Crippen LogP contribution in [-0.2, 0) is 4.79 Å². The summed E-state index contributed by atoms with van der Waals surface area (Å²) in [6, 6.07) is -0.520. The minimum Gasteiger partial charge on any atom is -0.356 e. The van der Waals surface area contributed by atoms with Gasteiger partial charge in [-0.3, -0.25) is 4.79 Å². The maximum Gasteiger partial charge on any atom is 0.315 e. The van der Waals surface area contributed by atoms with Crippen molar-refractivity contribution in [1.82, 2.24) is 15.5 Å². The Bertz CT molecular complexity index is 308. The van der Waals surface area contributed by atoms with Crippen LogP contribution in [0.5, 0.6) is 0 Å². The van der Waals surface area contributed by atoms with Crippen molar-refractivity contribution in [3.63, 3.8) is 0 Å². The van der Waals surface area contributed by atoms with E-state index in [0.29, 0.717) is 13.1 Å². The molecule has 0 aromatic heterocycles. The smallest absolute Gasteiger partial charge is 0.315 e. The molecule has 0 aromatic carbocycles. The van der Waals surface area contributed by atoms with Crippen LogP contribution in [0.3, 0.4) is 0 Å². The average Bonchev–Trinajstić information content (AvgIpc) is 2.54. The quantitative estimate of drug-likeness (QED) is 0.564. The van der Waals surface area contributed by atoms with Crippen molar-refractivity contribution in [1.29, 1.82) is 0 Å². The van der Waals surface area contributed by atoms with Crippen LogP contribution in [0.25, 0.3) is 0 Å². The summed E-state index contributed by atoms with van der Waals surface area (Å²) < 4.78 is 0. The van der Waals surface area contributed by atoms with Crippen LogP contribution in [-0.4, -0.2) is 49.1 Å². The highest BCUT2D eigenvalue weighted by Gasteiger charge is 2.36. The number of amides is 3. The number of primary amides is 1. The summed E-state index contributed by atoms with van der Waals surface area (Å²) in [6.07, 6.45) is 2.87. The lowest BCUT2D eigenvalue weighted by Crippen LogP contribution is -2.60. The van der Waals surface area contributed by atoms with E-state index in [0.717, 1.165) is 32.4 Å². The molecule has 0 saturated carbocycles. The highest BCUT2D eigenvalue weighted by molar-refractivity contribution is 5.81. The zero-order valence-corrected chi connectivity index (χ0v) is 9.95. The first-order valence-electron chi connectivity index (χ1n) is 6.24. The summed E-state index contributed by atoms with van der Waals surface area (Å²) in [5.41, 5.74) is 5.38.